The van der Waals surface area contributed by atoms with Crippen LogP contribution in [0, 0.1) is 0 Å². The van der Waals surface area contributed by atoms with Crippen LogP contribution in [0.4, 0.5) is 10.5 Å². The maximum atomic E-state index is 12.2. The van der Waals surface area contributed by atoms with Gasteiger partial charge in [-0.25, -0.2) is 4.79 Å². The minimum atomic E-state index is -0.135. The molecule has 0 atom stereocenters. The Kier molecular flexibility index (Phi) is 4.82. The number of carbonyl (C=O) groups excluding carboxylic acids is 1. The van der Waals surface area contributed by atoms with E-state index in [1.807, 2.05) is 36.6 Å². The standard InChI is InChI=1S/C14H15ClN2OS/c1-2-17(10-11-6-5-9-19-11)14(18)16-13-8-4-3-7-12(13)15/h3-9H,2,10H2,1H3,(H,16,18). The summed E-state index contributed by atoms with van der Waals surface area (Å²) in [6.45, 7) is 3.22. The number of nitrogens with zero attached hydrogens (tertiary/aromatic N) is 1. The molecule has 5 heteroatoms. The Balaban J connectivity index is 2.03. The maximum Gasteiger partial charge on any atom is 0.322 e. The van der Waals surface area contributed by atoms with Crippen molar-refractivity contribution in [1.82, 2.24) is 4.90 Å². The zero-order valence-electron chi connectivity index (χ0n) is 10.6. The van der Waals surface area contributed by atoms with Gasteiger partial charge in [-0.15, -0.1) is 11.3 Å². The molecule has 0 spiro atoms. The second-order valence-corrected chi connectivity index (χ2v) is 5.44. The second kappa shape index (κ2) is 6.59. The van der Waals surface area contributed by atoms with Gasteiger partial charge in [-0.2, -0.15) is 0 Å². The summed E-state index contributed by atoms with van der Waals surface area (Å²) in [6, 6.07) is 11.1. The minimum absolute atomic E-state index is 0.135. The van der Waals surface area contributed by atoms with Gasteiger partial charge in [0.25, 0.3) is 0 Å². The molecular weight excluding hydrogens is 280 g/mol. The number of anilines is 1. The van der Waals surface area contributed by atoms with E-state index in [0.29, 0.717) is 23.8 Å². The van der Waals surface area contributed by atoms with Gasteiger partial charge in [-0.1, -0.05) is 29.8 Å². The highest BCUT2D eigenvalue weighted by atomic mass is 35.5. The fraction of sp³-hybridized carbons (Fsp3) is 0.214. The van der Waals surface area contributed by atoms with E-state index in [-0.39, 0.29) is 6.03 Å². The molecule has 0 fully saturated rings. The molecule has 1 aromatic heterocycles. The number of para-hydroxylation sites is 1. The average molecular weight is 295 g/mol. The Labute approximate surface area is 121 Å². The molecule has 3 nitrogen and oxygen atoms in total. The lowest BCUT2D eigenvalue weighted by atomic mass is 10.3. The average Bonchev–Trinajstić information content (AvgIpc) is 2.91. The first kappa shape index (κ1) is 13.9. The maximum absolute atomic E-state index is 12.2. The molecule has 2 aromatic rings. The molecule has 0 saturated carbocycles. The molecule has 0 unspecified atom stereocenters. The van der Waals surface area contributed by atoms with E-state index in [9.17, 15) is 4.79 Å². The lowest BCUT2D eigenvalue weighted by Crippen LogP contribution is -2.34. The van der Waals surface area contributed by atoms with Crippen molar-refractivity contribution in [3.05, 3.63) is 51.7 Å². The van der Waals surface area contributed by atoms with Crippen molar-refractivity contribution in [3.8, 4) is 0 Å². The highest BCUT2D eigenvalue weighted by molar-refractivity contribution is 7.09. The van der Waals surface area contributed by atoms with Gasteiger partial charge >= 0.3 is 6.03 Å². The van der Waals surface area contributed by atoms with Crippen molar-refractivity contribution in [3.63, 3.8) is 0 Å². The predicted octanol–water partition coefficient (Wildman–Crippen LogP) is 4.46. The van der Waals surface area contributed by atoms with Gasteiger partial charge < -0.3 is 10.2 Å². The van der Waals surface area contributed by atoms with Crippen molar-refractivity contribution < 1.29 is 4.79 Å². The summed E-state index contributed by atoms with van der Waals surface area (Å²) >= 11 is 7.67. The first-order chi connectivity index (χ1) is 9.20. The minimum Gasteiger partial charge on any atom is -0.320 e. The van der Waals surface area contributed by atoms with E-state index in [2.05, 4.69) is 5.32 Å². The lowest BCUT2D eigenvalue weighted by molar-refractivity contribution is 0.212. The first-order valence-corrected chi connectivity index (χ1v) is 7.29. The largest absolute Gasteiger partial charge is 0.322 e. The predicted molar refractivity (Wildman–Crippen MR) is 80.9 cm³/mol. The SMILES string of the molecule is CCN(Cc1cccs1)C(=O)Nc1ccccc1Cl. The summed E-state index contributed by atoms with van der Waals surface area (Å²) in [5.74, 6) is 0. The van der Waals surface area contributed by atoms with Gasteiger partial charge in [0.05, 0.1) is 17.3 Å². The molecule has 0 aliphatic heterocycles. The van der Waals surface area contributed by atoms with Crippen LogP contribution in [-0.4, -0.2) is 17.5 Å². The van der Waals surface area contributed by atoms with E-state index in [4.69, 9.17) is 11.6 Å². The molecule has 0 aliphatic carbocycles. The number of urea groups is 1. The van der Waals surface area contributed by atoms with Crippen LogP contribution in [0.5, 0.6) is 0 Å². The fourth-order valence-corrected chi connectivity index (χ4v) is 2.58. The topological polar surface area (TPSA) is 32.3 Å². The van der Waals surface area contributed by atoms with E-state index < -0.39 is 0 Å². The zero-order valence-corrected chi connectivity index (χ0v) is 12.2. The second-order valence-electron chi connectivity index (χ2n) is 4.00. The number of carbonyl (C=O) groups is 1. The van der Waals surface area contributed by atoms with Crippen LogP contribution >= 0.6 is 22.9 Å². The summed E-state index contributed by atoms with van der Waals surface area (Å²) in [7, 11) is 0. The quantitative estimate of drug-likeness (QED) is 0.887. The molecule has 1 aromatic carbocycles. The Bertz CT molecular complexity index is 542. The molecule has 0 radical (unpaired) electrons. The van der Waals surface area contributed by atoms with Crippen molar-refractivity contribution in [1.29, 1.82) is 0 Å². The van der Waals surface area contributed by atoms with Gasteiger partial charge in [-0.05, 0) is 30.5 Å². The summed E-state index contributed by atoms with van der Waals surface area (Å²) in [6.07, 6.45) is 0. The normalized spacial score (nSPS) is 10.2. The summed E-state index contributed by atoms with van der Waals surface area (Å²) < 4.78 is 0. The summed E-state index contributed by atoms with van der Waals surface area (Å²) in [5.41, 5.74) is 0.638. The molecule has 100 valence electrons. The highest BCUT2D eigenvalue weighted by Gasteiger charge is 2.13. The third kappa shape index (κ3) is 3.72. The van der Waals surface area contributed by atoms with Crippen LogP contribution in [0.25, 0.3) is 0 Å². The van der Waals surface area contributed by atoms with Crippen LogP contribution in [0.15, 0.2) is 41.8 Å². The summed E-state index contributed by atoms with van der Waals surface area (Å²) in [5, 5.41) is 5.39. The number of halogens is 1. The van der Waals surface area contributed by atoms with Crippen LogP contribution in [0.1, 0.15) is 11.8 Å². The Morgan fingerprint density at radius 2 is 2.11 bits per heavy atom. The van der Waals surface area contributed by atoms with Crippen molar-refractivity contribution in [2.75, 3.05) is 11.9 Å². The van der Waals surface area contributed by atoms with Gasteiger partial charge in [0.15, 0.2) is 0 Å². The third-order valence-corrected chi connectivity index (χ3v) is 3.90. The molecular formula is C14H15ClN2OS. The Hall–Kier alpha value is -1.52. The lowest BCUT2D eigenvalue weighted by Gasteiger charge is -2.21. The Morgan fingerprint density at radius 3 is 2.74 bits per heavy atom. The zero-order chi connectivity index (χ0) is 13.7. The van der Waals surface area contributed by atoms with E-state index in [1.54, 1.807) is 28.4 Å². The van der Waals surface area contributed by atoms with Crippen LogP contribution < -0.4 is 5.32 Å². The smallest absolute Gasteiger partial charge is 0.320 e. The third-order valence-electron chi connectivity index (χ3n) is 2.71. The first-order valence-electron chi connectivity index (χ1n) is 6.03. The van der Waals surface area contributed by atoms with Crippen molar-refractivity contribution in [2.45, 2.75) is 13.5 Å². The monoisotopic (exact) mass is 294 g/mol. The van der Waals surface area contributed by atoms with Crippen LogP contribution in [-0.2, 0) is 6.54 Å². The number of thiophene rings is 1. The van der Waals surface area contributed by atoms with E-state index >= 15 is 0 Å². The number of hydrogen-bond donors (Lipinski definition) is 1. The number of rotatable bonds is 4. The molecule has 2 amide bonds. The fourth-order valence-electron chi connectivity index (χ4n) is 1.67. The van der Waals surface area contributed by atoms with Crippen LogP contribution in [0.2, 0.25) is 5.02 Å². The van der Waals surface area contributed by atoms with E-state index in [0.717, 1.165) is 4.88 Å². The molecule has 0 bridgehead atoms. The number of nitrogens with one attached hydrogen (secondary N) is 1. The van der Waals surface area contributed by atoms with Crippen molar-refractivity contribution in [2.24, 2.45) is 0 Å². The van der Waals surface area contributed by atoms with Gasteiger partial charge in [0, 0.05) is 11.4 Å². The van der Waals surface area contributed by atoms with Crippen molar-refractivity contribution >= 4 is 34.7 Å². The molecule has 2 rings (SSSR count). The van der Waals surface area contributed by atoms with Gasteiger partial charge in [0.2, 0.25) is 0 Å². The van der Waals surface area contributed by atoms with Gasteiger partial charge in [0.1, 0.15) is 0 Å². The number of benzene rings is 1. The summed E-state index contributed by atoms with van der Waals surface area (Å²) in [4.78, 5) is 15.1. The highest BCUT2D eigenvalue weighted by Crippen LogP contribution is 2.21. The Morgan fingerprint density at radius 1 is 1.32 bits per heavy atom. The number of amides is 2. The molecule has 19 heavy (non-hydrogen) atoms. The molecule has 0 aliphatic rings. The van der Waals surface area contributed by atoms with Crippen LogP contribution in [0.3, 0.4) is 0 Å². The van der Waals surface area contributed by atoms with Gasteiger partial charge in [-0.3, -0.25) is 0 Å². The molecule has 0 saturated heterocycles. The molecule has 1 heterocycles. The number of hydrogen-bond acceptors (Lipinski definition) is 2. The van der Waals surface area contributed by atoms with E-state index in [1.165, 1.54) is 0 Å². The molecule has 1 N–H and O–H groups in total.